The Kier molecular flexibility index (Phi) is 3.32. The van der Waals surface area contributed by atoms with Crippen molar-refractivity contribution in [1.82, 2.24) is 4.98 Å². The molecule has 1 aromatic heterocycles. The SMILES string of the molecule is Cc1nc2ccc3cc(Cc4ccc5ccccc5c4)ccc3c2s1. The maximum Gasteiger partial charge on any atom is 0.0907 e. The Balaban J connectivity index is 1.56. The molecule has 0 aliphatic rings. The van der Waals surface area contributed by atoms with E-state index in [1.165, 1.54) is 37.4 Å². The molecule has 0 saturated heterocycles. The fraction of sp³-hybridized carbons (Fsp3) is 0.0870. The molecule has 1 heterocycles. The molecular formula is C23H17NS. The standard InChI is InChI=1S/C23H17NS/c1-15-24-22-11-9-20-14-17(7-10-21(20)23(22)25-15)12-16-6-8-18-4-2-3-5-19(18)13-16/h2-11,13-14H,12H2,1H3. The monoisotopic (exact) mass is 339 g/mol. The average Bonchev–Trinajstić information content (AvgIpc) is 3.02. The highest BCUT2D eigenvalue weighted by Gasteiger charge is 2.06. The lowest BCUT2D eigenvalue weighted by Crippen LogP contribution is -1.89. The van der Waals surface area contributed by atoms with Gasteiger partial charge in [0.25, 0.3) is 0 Å². The first-order chi connectivity index (χ1) is 12.3. The second kappa shape index (κ2) is 5.68. The average molecular weight is 339 g/mol. The van der Waals surface area contributed by atoms with Crippen LogP contribution in [0.4, 0.5) is 0 Å². The lowest BCUT2D eigenvalue weighted by molar-refractivity contribution is 1.21. The number of aryl methyl sites for hydroxylation is 1. The van der Waals surface area contributed by atoms with Crippen LogP contribution in [0.3, 0.4) is 0 Å². The second-order valence-electron chi connectivity index (χ2n) is 6.56. The van der Waals surface area contributed by atoms with Gasteiger partial charge in [0, 0.05) is 5.39 Å². The molecule has 120 valence electrons. The Morgan fingerprint density at radius 3 is 2.36 bits per heavy atom. The Morgan fingerprint density at radius 1 is 0.760 bits per heavy atom. The number of thiazole rings is 1. The van der Waals surface area contributed by atoms with Crippen LogP contribution in [0.2, 0.25) is 0 Å². The maximum absolute atomic E-state index is 4.60. The van der Waals surface area contributed by atoms with E-state index in [2.05, 4.69) is 84.7 Å². The predicted molar refractivity (Wildman–Crippen MR) is 109 cm³/mol. The molecule has 4 aromatic carbocycles. The van der Waals surface area contributed by atoms with Crippen molar-refractivity contribution in [2.45, 2.75) is 13.3 Å². The summed E-state index contributed by atoms with van der Waals surface area (Å²) in [6, 6.07) is 26.5. The van der Waals surface area contributed by atoms with Gasteiger partial charge in [-0.05, 0) is 46.7 Å². The zero-order valence-electron chi connectivity index (χ0n) is 14.0. The zero-order chi connectivity index (χ0) is 16.8. The van der Waals surface area contributed by atoms with Gasteiger partial charge < -0.3 is 0 Å². The molecule has 0 atom stereocenters. The van der Waals surface area contributed by atoms with E-state index in [0.717, 1.165) is 16.9 Å². The number of hydrogen-bond donors (Lipinski definition) is 0. The van der Waals surface area contributed by atoms with Crippen LogP contribution in [0.15, 0.2) is 72.8 Å². The third kappa shape index (κ3) is 2.59. The largest absolute Gasteiger partial charge is 0.241 e. The molecule has 1 nitrogen and oxygen atoms in total. The highest BCUT2D eigenvalue weighted by Crippen LogP contribution is 2.31. The molecule has 0 spiro atoms. The third-order valence-corrected chi connectivity index (χ3v) is 5.78. The smallest absolute Gasteiger partial charge is 0.0907 e. The van der Waals surface area contributed by atoms with Crippen LogP contribution in [-0.2, 0) is 6.42 Å². The molecule has 0 unspecified atom stereocenters. The summed E-state index contributed by atoms with van der Waals surface area (Å²) in [7, 11) is 0. The fourth-order valence-electron chi connectivity index (χ4n) is 3.57. The van der Waals surface area contributed by atoms with Crippen molar-refractivity contribution >= 4 is 43.1 Å². The van der Waals surface area contributed by atoms with Gasteiger partial charge in [0.15, 0.2) is 0 Å². The normalized spacial score (nSPS) is 11.6. The van der Waals surface area contributed by atoms with Crippen molar-refractivity contribution in [1.29, 1.82) is 0 Å². The Hall–Kier alpha value is -2.71. The van der Waals surface area contributed by atoms with E-state index in [1.54, 1.807) is 11.3 Å². The van der Waals surface area contributed by atoms with Crippen molar-refractivity contribution in [3.8, 4) is 0 Å². The van der Waals surface area contributed by atoms with Crippen LogP contribution in [0.1, 0.15) is 16.1 Å². The molecule has 2 heteroatoms. The molecule has 5 aromatic rings. The van der Waals surface area contributed by atoms with Crippen LogP contribution in [0.25, 0.3) is 31.8 Å². The van der Waals surface area contributed by atoms with E-state index in [0.29, 0.717) is 0 Å². The van der Waals surface area contributed by atoms with Crippen molar-refractivity contribution < 1.29 is 0 Å². The van der Waals surface area contributed by atoms with E-state index in [-0.39, 0.29) is 0 Å². The maximum atomic E-state index is 4.60. The predicted octanol–water partition coefficient (Wildman–Crippen LogP) is 6.50. The minimum atomic E-state index is 0.959. The number of fused-ring (bicyclic) bond motifs is 4. The summed E-state index contributed by atoms with van der Waals surface area (Å²) in [6.45, 7) is 2.07. The summed E-state index contributed by atoms with van der Waals surface area (Å²) >= 11 is 1.78. The van der Waals surface area contributed by atoms with Crippen LogP contribution in [0.5, 0.6) is 0 Å². The molecule has 0 radical (unpaired) electrons. The summed E-state index contributed by atoms with van der Waals surface area (Å²) in [5.41, 5.74) is 3.81. The van der Waals surface area contributed by atoms with E-state index < -0.39 is 0 Å². The minimum Gasteiger partial charge on any atom is -0.241 e. The van der Waals surface area contributed by atoms with Gasteiger partial charge in [-0.15, -0.1) is 11.3 Å². The Morgan fingerprint density at radius 2 is 1.48 bits per heavy atom. The first-order valence-electron chi connectivity index (χ1n) is 8.53. The summed E-state index contributed by atoms with van der Waals surface area (Å²) in [4.78, 5) is 4.60. The molecule has 0 aliphatic heterocycles. The van der Waals surface area contributed by atoms with Crippen molar-refractivity contribution in [3.63, 3.8) is 0 Å². The summed E-state index contributed by atoms with van der Waals surface area (Å²) < 4.78 is 1.30. The van der Waals surface area contributed by atoms with Gasteiger partial charge in [-0.25, -0.2) is 4.98 Å². The van der Waals surface area contributed by atoms with Gasteiger partial charge in [-0.1, -0.05) is 66.7 Å². The quantitative estimate of drug-likeness (QED) is 0.357. The van der Waals surface area contributed by atoms with E-state index in [1.807, 2.05) is 0 Å². The first kappa shape index (κ1) is 14.6. The van der Waals surface area contributed by atoms with Crippen molar-refractivity contribution in [3.05, 3.63) is 88.9 Å². The number of aromatic nitrogens is 1. The molecule has 0 saturated carbocycles. The van der Waals surface area contributed by atoms with Gasteiger partial charge >= 0.3 is 0 Å². The molecule has 0 amide bonds. The number of nitrogens with zero attached hydrogens (tertiary/aromatic N) is 1. The highest BCUT2D eigenvalue weighted by molar-refractivity contribution is 7.19. The molecule has 0 N–H and O–H groups in total. The molecule has 0 bridgehead atoms. The van der Waals surface area contributed by atoms with Gasteiger partial charge in [0.05, 0.1) is 15.2 Å². The fourth-order valence-corrected chi connectivity index (χ4v) is 4.52. The van der Waals surface area contributed by atoms with Crippen LogP contribution >= 0.6 is 11.3 Å². The summed E-state index contributed by atoms with van der Waals surface area (Å²) in [6.07, 6.45) is 0.959. The van der Waals surface area contributed by atoms with Gasteiger partial charge in [0.2, 0.25) is 0 Å². The van der Waals surface area contributed by atoms with Crippen molar-refractivity contribution in [2.75, 3.05) is 0 Å². The molecule has 25 heavy (non-hydrogen) atoms. The van der Waals surface area contributed by atoms with Crippen LogP contribution < -0.4 is 0 Å². The number of benzene rings is 4. The van der Waals surface area contributed by atoms with Crippen LogP contribution in [-0.4, -0.2) is 4.98 Å². The first-order valence-corrected chi connectivity index (χ1v) is 9.34. The molecule has 0 aliphatic carbocycles. The second-order valence-corrected chi connectivity index (χ2v) is 7.76. The third-order valence-electron chi connectivity index (χ3n) is 4.76. The Labute approximate surface area is 150 Å². The summed E-state index contributed by atoms with van der Waals surface area (Å²) in [5, 5.41) is 6.35. The van der Waals surface area contributed by atoms with Crippen LogP contribution in [0, 0.1) is 6.92 Å². The molecule has 5 rings (SSSR count). The van der Waals surface area contributed by atoms with E-state index >= 15 is 0 Å². The topological polar surface area (TPSA) is 12.9 Å². The van der Waals surface area contributed by atoms with Crippen molar-refractivity contribution in [2.24, 2.45) is 0 Å². The zero-order valence-corrected chi connectivity index (χ0v) is 14.8. The summed E-state index contributed by atoms with van der Waals surface area (Å²) in [5.74, 6) is 0. The van der Waals surface area contributed by atoms with E-state index in [4.69, 9.17) is 0 Å². The minimum absolute atomic E-state index is 0.959. The number of rotatable bonds is 2. The lowest BCUT2D eigenvalue weighted by atomic mass is 9.99. The number of hydrogen-bond acceptors (Lipinski definition) is 2. The highest BCUT2D eigenvalue weighted by atomic mass is 32.1. The lowest BCUT2D eigenvalue weighted by Gasteiger charge is -2.06. The molecular weight excluding hydrogens is 322 g/mol. The van der Waals surface area contributed by atoms with E-state index in [9.17, 15) is 0 Å². The van der Waals surface area contributed by atoms with Gasteiger partial charge in [-0.2, -0.15) is 0 Å². The Bertz CT molecular complexity index is 1230. The van der Waals surface area contributed by atoms with Gasteiger partial charge in [-0.3, -0.25) is 0 Å². The van der Waals surface area contributed by atoms with Gasteiger partial charge in [0.1, 0.15) is 0 Å². The molecule has 0 fully saturated rings.